The first-order valence-electron chi connectivity index (χ1n) is 7.33. The number of aryl methyl sites for hydroxylation is 2. The molecule has 0 aliphatic heterocycles. The number of hydrogen-bond donors (Lipinski definition) is 1. The van der Waals surface area contributed by atoms with Crippen molar-refractivity contribution in [2.75, 3.05) is 13.1 Å². The minimum absolute atomic E-state index is 0.472. The lowest BCUT2D eigenvalue weighted by Crippen LogP contribution is -2.34. The van der Waals surface area contributed by atoms with Crippen molar-refractivity contribution in [2.24, 2.45) is 18.4 Å². The fraction of sp³-hybridized carbons (Fsp3) is 0.800. The number of hydrogen-bond acceptors (Lipinski definition) is 2. The Hall–Kier alpha value is -0.830. The van der Waals surface area contributed by atoms with E-state index < -0.39 is 0 Å². The van der Waals surface area contributed by atoms with Gasteiger partial charge in [0, 0.05) is 25.5 Å². The molecule has 3 heteroatoms. The van der Waals surface area contributed by atoms with Crippen LogP contribution in [-0.4, -0.2) is 22.9 Å². The Kier molecular flexibility index (Phi) is 4.44. The van der Waals surface area contributed by atoms with Gasteiger partial charge in [0.2, 0.25) is 0 Å². The van der Waals surface area contributed by atoms with E-state index in [1.54, 1.807) is 0 Å². The van der Waals surface area contributed by atoms with Crippen LogP contribution in [0.2, 0.25) is 0 Å². The van der Waals surface area contributed by atoms with Gasteiger partial charge in [-0.25, -0.2) is 0 Å². The van der Waals surface area contributed by atoms with Crippen LogP contribution in [0.25, 0.3) is 0 Å². The van der Waals surface area contributed by atoms with Gasteiger partial charge in [-0.3, -0.25) is 4.68 Å². The third kappa shape index (κ3) is 3.35. The molecule has 102 valence electrons. The standard InChI is InChI=1S/C15H27N3/c1-4-10-16-12-15(2,13-5-6-13)9-7-14-8-11-17-18(14)3/h8,11,13,16H,4-7,9-10,12H2,1-3H3. The molecule has 0 spiro atoms. The lowest BCUT2D eigenvalue weighted by atomic mass is 9.80. The molecule has 1 aliphatic carbocycles. The Bertz CT molecular complexity index is 368. The summed E-state index contributed by atoms with van der Waals surface area (Å²) in [6.07, 6.45) is 8.40. The predicted octanol–water partition coefficient (Wildman–Crippen LogP) is 2.77. The SMILES string of the molecule is CCCNCC(C)(CCc1ccnn1C)C1CC1. The van der Waals surface area contributed by atoms with Gasteiger partial charge in [-0.2, -0.15) is 5.10 Å². The van der Waals surface area contributed by atoms with Crippen molar-refractivity contribution in [3.8, 4) is 0 Å². The average molecular weight is 249 g/mol. The Morgan fingerprint density at radius 1 is 1.50 bits per heavy atom. The van der Waals surface area contributed by atoms with E-state index in [4.69, 9.17) is 0 Å². The first-order chi connectivity index (χ1) is 8.65. The highest BCUT2D eigenvalue weighted by atomic mass is 15.2. The van der Waals surface area contributed by atoms with Crippen LogP contribution in [0.1, 0.15) is 45.2 Å². The number of nitrogens with one attached hydrogen (secondary N) is 1. The van der Waals surface area contributed by atoms with Crippen molar-refractivity contribution in [3.05, 3.63) is 18.0 Å². The maximum absolute atomic E-state index is 4.25. The Labute approximate surface area is 111 Å². The van der Waals surface area contributed by atoms with Gasteiger partial charge in [0.15, 0.2) is 0 Å². The lowest BCUT2D eigenvalue weighted by molar-refractivity contribution is 0.236. The molecule has 1 saturated carbocycles. The molecule has 0 aromatic carbocycles. The number of nitrogens with zero attached hydrogens (tertiary/aromatic N) is 2. The normalized spacial score (nSPS) is 18.8. The van der Waals surface area contributed by atoms with Gasteiger partial charge < -0.3 is 5.32 Å². The van der Waals surface area contributed by atoms with Crippen molar-refractivity contribution in [3.63, 3.8) is 0 Å². The summed E-state index contributed by atoms with van der Waals surface area (Å²) in [6, 6.07) is 2.15. The van der Waals surface area contributed by atoms with Crippen LogP contribution >= 0.6 is 0 Å². The molecule has 0 radical (unpaired) electrons. The molecular formula is C15H27N3. The minimum Gasteiger partial charge on any atom is -0.316 e. The molecule has 0 saturated heterocycles. The summed E-state index contributed by atoms with van der Waals surface area (Å²) in [4.78, 5) is 0. The van der Waals surface area contributed by atoms with Crippen LogP contribution < -0.4 is 5.32 Å². The van der Waals surface area contributed by atoms with Crippen molar-refractivity contribution in [2.45, 2.75) is 46.0 Å². The summed E-state index contributed by atoms with van der Waals surface area (Å²) < 4.78 is 2.01. The van der Waals surface area contributed by atoms with Crippen molar-refractivity contribution >= 4 is 0 Å². The smallest absolute Gasteiger partial charge is 0.0492 e. The maximum atomic E-state index is 4.25. The Morgan fingerprint density at radius 2 is 2.28 bits per heavy atom. The maximum Gasteiger partial charge on any atom is 0.0492 e. The largest absolute Gasteiger partial charge is 0.316 e. The van der Waals surface area contributed by atoms with Gasteiger partial charge in [0.05, 0.1) is 0 Å². The molecule has 1 unspecified atom stereocenters. The molecule has 1 fully saturated rings. The van der Waals surface area contributed by atoms with Crippen molar-refractivity contribution < 1.29 is 0 Å². The summed E-state index contributed by atoms with van der Waals surface area (Å²) >= 11 is 0. The van der Waals surface area contributed by atoms with Crippen molar-refractivity contribution in [1.82, 2.24) is 15.1 Å². The third-order valence-electron chi connectivity index (χ3n) is 4.39. The fourth-order valence-corrected chi connectivity index (χ4v) is 2.83. The second kappa shape index (κ2) is 5.87. The molecule has 1 aliphatic rings. The molecule has 1 N–H and O–H groups in total. The third-order valence-corrected chi connectivity index (χ3v) is 4.39. The first kappa shape index (κ1) is 13.6. The molecular weight excluding hydrogens is 222 g/mol. The summed E-state index contributed by atoms with van der Waals surface area (Å²) in [5.74, 6) is 0.940. The quantitative estimate of drug-likeness (QED) is 0.718. The highest BCUT2D eigenvalue weighted by Crippen LogP contribution is 2.47. The highest BCUT2D eigenvalue weighted by Gasteiger charge is 2.40. The van der Waals surface area contributed by atoms with Gasteiger partial charge in [0.1, 0.15) is 0 Å². The molecule has 1 aromatic heterocycles. The number of aromatic nitrogens is 2. The predicted molar refractivity (Wildman–Crippen MR) is 75.5 cm³/mol. The van der Waals surface area contributed by atoms with Crippen LogP contribution in [0.3, 0.4) is 0 Å². The van der Waals surface area contributed by atoms with Gasteiger partial charge in [-0.1, -0.05) is 13.8 Å². The summed E-state index contributed by atoms with van der Waals surface area (Å²) in [7, 11) is 2.04. The zero-order chi connectivity index (χ0) is 13.0. The lowest BCUT2D eigenvalue weighted by Gasteiger charge is -2.30. The summed E-state index contributed by atoms with van der Waals surface area (Å²) in [5.41, 5.74) is 1.83. The second-order valence-electron chi connectivity index (χ2n) is 6.05. The zero-order valence-corrected chi connectivity index (χ0v) is 12.1. The fourth-order valence-electron chi connectivity index (χ4n) is 2.83. The highest BCUT2D eigenvalue weighted by molar-refractivity contribution is 5.02. The van der Waals surface area contributed by atoms with Crippen LogP contribution in [0.4, 0.5) is 0 Å². The molecule has 2 rings (SSSR count). The van der Waals surface area contributed by atoms with E-state index in [1.165, 1.54) is 37.9 Å². The van der Waals surface area contributed by atoms with Gasteiger partial charge in [-0.05, 0) is 56.0 Å². The summed E-state index contributed by atoms with van der Waals surface area (Å²) in [5, 5.41) is 7.87. The van der Waals surface area contributed by atoms with E-state index >= 15 is 0 Å². The topological polar surface area (TPSA) is 29.9 Å². The van der Waals surface area contributed by atoms with Crippen LogP contribution in [0.5, 0.6) is 0 Å². The van der Waals surface area contributed by atoms with E-state index in [-0.39, 0.29) is 0 Å². The molecule has 1 atom stereocenters. The van der Waals surface area contributed by atoms with E-state index in [1.807, 2.05) is 17.9 Å². The van der Waals surface area contributed by atoms with Crippen LogP contribution in [0, 0.1) is 11.3 Å². The zero-order valence-electron chi connectivity index (χ0n) is 12.1. The van der Waals surface area contributed by atoms with E-state index in [0.29, 0.717) is 5.41 Å². The van der Waals surface area contributed by atoms with Gasteiger partial charge >= 0.3 is 0 Å². The van der Waals surface area contributed by atoms with Crippen LogP contribution in [-0.2, 0) is 13.5 Å². The van der Waals surface area contributed by atoms with E-state index in [0.717, 1.165) is 18.9 Å². The molecule has 18 heavy (non-hydrogen) atoms. The van der Waals surface area contributed by atoms with Gasteiger partial charge in [-0.15, -0.1) is 0 Å². The first-order valence-corrected chi connectivity index (χ1v) is 7.33. The Morgan fingerprint density at radius 3 is 2.83 bits per heavy atom. The molecule has 3 nitrogen and oxygen atoms in total. The number of rotatable bonds is 8. The Balaban J connectivity index is 1.87. The monoisotopic (exact) mass is 249 g/mol. The second-order valence-corrected chi connectivity index (χ2v) is 6.05. The molecule has 1 aromatic rings. The van der Waals surface area contributed by atoms with Crippen LogP contribution in [0.15, 0.2) is 12.3 Å². The minimum atomic E-state index is 0.472. The average Bonchev–Trinajstić information content (AvgIpc) is 3.12. The molecule has 1 heterocycles. The molecule has 0 amide bonds. The summed E-state index contributed by atoms with van der Waals surface area (Å²) in [6.45, 7) is 7.01. The van der Waals surface area contributed by atoms with E-state index in [9.17, 15) is 0 Å². The van der Waals surface area contributed by atoms with Gasteiger partial charge in [0.25, 0.3) is 0 Å². The van der Waals surface area contributed by atoms with E-state index in [2.05, 4.69) is 30.3 Å². The van der Waals surface area contributed by atoms with Crippen molar-refractivity contribution in [1.29, 1.82) is 0 Å². The molecule has 0 bridgehead atoms.